The Labute approximate surface area is 138 Å². The first-order valence-electron chi connectivity index (χ1n) is 9.75. The molecule has 22 heavy (non-hydrogen) atoms. The molecule has 0 amide bonds. The van der Waals surface area contributed by atoms with Crippen molar-refractivity contribution < 1.29 is 0 Å². The summed E-state index contributed by atoms with van der Waals surface area (Å²) in [5.41, 5.74) is -0.00454. The minimum absolute atomic E-state index is 0.00454. The van der Waals surface area contributed by atoms with E-state index in [0.717, 1.165) is 43.4 Å². The molecule has 124 valence electrons. The molecule has 0 atom stereocenters. The van der Waals surface area contributed by atoms with E-state index in [1.807, 2.05) is 0 Å². The second-order valence-electron chi connectivity index (χ2n) is 7.91. The van der Waals surface area contributed by atoms with Crippen LogP contribution in [0.4, 0.5) is 0 Å². The quantitative estimate of drug-likeness (QED) is 0.504. The molecule has 2 saturated carbocycles. The molecule has 0 aromatic heterocycles. The molecule has 0 spiro atoms. The van der Waals surface area contributed by atoms with E-state index in [-0.39, 0.29) is 5.41 Å². The van der Waals surface area contributed by atoms with Gasteiger partial charge in [-0.3, -0.25) is 0 Å². The number of nitrogens with zero attached hydrogens (tertiary/aromatic N) is 1. The van der Waals surface area contributed by atoms with Gasteiger partial charge in [0.1, 0.15) is 0 Å². The van der Waals surface area contributed by atoms with Crippen LogP contribution in [0.2, 0.25) is 0 Å². The number of hydrogen-bond acceptors (Lipinski definition) is 1. The van der Waals surface area contributed by atoms with Gasteiger partial charge < -0.3 is 0 Å². The van der Waals surface area contributed by atoms with Gasteiger partial charge in [0, 0.05) is 0 Å². The van der Waals surface area contributed by atoms with E-state index in [4.69, 9.17) is 0 Å². The average molecular weight is 302 g/mol. The van der Waals surface area contributed by atoms with E-state index >= 15 is 0 Å². The Balaban J connectivity index is 1.78. The first-order chi connectivity index (χ1) is 10.7. The third-order valence-corrected chi connectivity index (χ3v) is 6.50. The first kappa shape index (κ1) is 17.6. The van der Waals surface area contributed by atoms with E-state index in [9.17, 15) is 5.26 Å². The minimum atomic E-state index is -0.00454. The van der Waals surface area contributed by atoms with Gasteiger partial charge in [0.15, 0.2) is 0 Å². The summed E-state index contributed by atoms with van der Waals surface area (Å²) in [4.78, 5) is 0. The van der Waals surface area contributed by atoms with E-state index in [1.54, 1.807) is 0 Å². The zero-order valence-electron chi connectivity index (χ0n) is 14.8. The lowest BCUT2D eigenvalue weighted by atomic mass is 9.63. The van der Waals surface area contributed by atoms with Gasteiger partial charge in [-0.15, -0.1) is 0 Å². The molecule has 0 saturated heterocycles. The normalized spacial score (nSPS) is 36.3. The SMILES string of the molecule is CC=CCCC1(C#N)CCC(C2CCC(CCC)CC2)CC1. The molecule has 0 radical (unpaired) electrons. The Bertz CT molecular complexity index is 373. The highest BCUT2D eigenvalue weighted by Gasteiger charge is 2.38. The summed E-state index contributed by atoms with van der Waals surface area (Å²) in [7, 11) is 0. The van der Waals surface area contributed by atoms with Crippen molar-refractivity contribution in [1.29, 1.82) is 5.26 Å². The zero-order valence-corrected chi connectivity index (χ0v) is 14.8. The Morgan fingerprint density at radius 3 is 2.23 bits per heavy atom. The summed E-state index contributed by atoms with van der Waals surface area (Å²) in [6.45, 7) is 4.40. The largest absolute Gasteiger partial charge is 0.198 e. The highest BCUT2D eigenvalue weighted by atomic mass is 14.4. The molecule has 2 fully saturated rings. The summed E-state index contributed by atoms with van der Waals surface area (Å²) >= 11 is 0. The smallest absolute Gasteiger partial charge is 0.0689 e. The van der Waals surface area contributed by atoms with Crippen LogP contribution in [0, 0.1) is 34.5 Å². The fraction of sp³-hybridized carbons (Fsp3) is 0.857. The van der Waals surface area contributed by atoms with Crippen LogP contribution < -0.4 is 0 Å². The number of allylic oxidation sites excluding steroid dienone is 2. The molecule has 0 N–H and O–H groups in total. The predicted molar refractivity (Wildman–Crippen MR) is 94.4 cm³/mol. The molecule has 2 aliphatic rings. The molecule has 1 heteroatoms. The minimum Gasteiger partial charge on any atom is -0.198 e. The maximum absolute atomic E-state index is 9.66. The van der Waals surface area contributed by atoms with Crippen molar-refractivity contribution in [2.24, 2.45) is 23.2 Å². The van der Waals surface area contributed by atoms with Gasteiger partial charge in [0.2, 0.25) is 0 Å². The van der Waals surface area contributed by atoms with Crippen LogP contribution in [0.3, 0.4) is 0 Å². The molecular formula is C21H35N. The second kappa shape index (κ2) is 8.76. The van der Waals surface area contributed by atoms with Gasteiger partial charge in [-0.2, -0.15) is 5.26 Å². The maximum atomic E-state index is 9.66. The average Bonchev–Trinajstić information content (AvgIpc) is 2.57. The van der Waals surface area contributed by atoms with Crippen LogP contribution in [0.1, 0.15) is 90.9 Å². The first-order valence-corrected chi connectivity index (χ1v) is 9.75. The number of rotatable bonds is 6. The van der Waals surface area contributed by atoms with Crippen molar-refractivity contribution in [3.63, 3.8) is 0 Å². The van der Waals surface area contributed by atoms with Crippen LogP contribution in [-0.2, 0) is 0 Å². The topological polar surface area (TPSA) is 23.8 Å². The monoisotopic (exact) mass is 301 g/mol. The van der Waals surface area contributed by atoms with E-state index in [2.05, 4.69) is 32.1 Å². The molecule has 0 aromatic rings. The maximum Gasteiger partial charge on any atom is 0.0689 e. The van der Waals surface area contributed by atoms with Gasteiger partial charge in [-0.1, -0.05) is 44.8 Å². The van der Waals surface area contributed by atoms with Crippen LogP contribution in [-0.4, -0.2) is 0 Å². The van der Waals surface area contributed by atoms with E-state index in [0.29, 0.717) is 0 Å². The lowest BCUT2D eigenvalue weighted by Gasteiger charge is -2.40. The van der Waals surface area contributed by atoms with Crippen molar-refractivity contribution >= 4 is 0 Å². The lowest BCUT2D eigenvalue weighted by Crippen LogP contribution is -2.31. The predicted octanol–water partition coefficient (Wildman–Crippen LogP) is 6.65. The standard InChI is InChI=1S/C21H35N/c1-3-5-6-14-21(17-22)15-12-20(13-16-21)19-10-8-18(7-4-2)9-11-19/h3,5,18-20H,4,6-16H2,1-2H3. The van der Waals surface area contributed by atoms with Crippen molar-refractivity contribution in [2.75, 3.05) is 0 Å². The zero-order chi connectivity index (χ0) is 15.8. The highest BCUT2D eigenvalue weighted by molar-refractivity contribution is 5.03. The van der Waals surface area contributed by atoms with E-state index in [1.165, 1.54) is 51.4 Å². The second-order valence-corrected chi connectivity index (χ2v) is 7.91. The fourth-order valence-electron chi connectivity index (χ4n) is 4.96. The van der Waals surface area contributed by atoms with Crippen molar-refractivity contribution in [3.05, 3.63) is 12.2 Å². The van der Waals surface area contributed by atoms with Crippen LogP contribution >= 0.6 is 0 Å². The van der Waals surface area contributed by atoms with Gasteiger partial charge in [-0.05, 0) is 76.0 Å². The molecule has 0 aliphatic heterocycles. The molecule has 2 aliphatic carbocycles. The van der Waals surface area contributed by atoms with Gasteiger partial charge in [-0.25, -0.2) is 0 Å². The highest BCUT2D eigenvalue weighted by Crippen LogP contribution is 2.47. The van der Waals surface area contributed by atoms with Crippen LogP contribution in [0.5, 0.6) is 0 Å². The number of hydrogen-bond donors (Lipinski definition) is 0. The molecule has 0 unspecified atom stereocenters. The Morgan fingerprint density at radius 1 is 1.05 bits per heavy atom. The Hall–Kier alpha value is -0.770. The molecule has 2 rings (SSSR count). The molecule has 0 heterocycles. The summed E-state index contributed by atoms with van der Waals surface area (Å²) < 4.78 is 0. The molecular weight excluding hydrogens is 266 g/mol. The Morgan fingerprint density at radius 2 is 1.68 bits per heavy atom. The van der Waals surface area contributed by atoms with Crippen molar-refractivity contribution in [3.8, 4) is 6.07 Å². The third kappa shape index (κ3) is 4.61. The van der Waals surface area contributed by atoms with Crippen molar-refractivity contribution in [2.45, 2.75) is 90.9 Å². The van der Waals surface area contributed by atoms with Gasteiger partial charge in [0.05, 0.1) is 11.5 Å². The molecule has 0 aromatic carbocycles. The Kier molecular flexibility index (Phi) is 7.00. The molecule has 0 bridgehead atoms. The lowest BCUT2D eigenvalue weighted by molar-refractivity contribution is 0.117. The summed E-state index contributed by atoms with van der Waals surface area (Å²) in [5.74, 6) is 2.91. The van der Waals surface area contributed by atoms with Gasteiger partial charge in [0.25, 0.3) is 0 Å². The van der Waals surface area contributed by atoms with Crippen molar-refractivity contribution in [1.82, 2.24) is 0 Å². The summed E-state index contributed by atoms with van der Waals surface area (Å²) in [5, 5.41) is 9.66. The summed E-state index contributed by atoms with van der Waals surface area (Å²) in [6.07, 6.45) is 20.1. The van der Waals surface area contributed by atoms with Crippen LogP contribution in [0.25, 0.3) is 0 Å². The fourth-order valence-corrected chi connectivity index (χ4v) is 4.96. The number of nitriles is 1. The molecule has 1 nitrogen and oxygen atoms in total. The van der Waals surface area contributed by atoms with Crippen LogP contribution in [0.15, 0.2) is 12.2 Å². The third-order valence-electron chi connectivity index (χ3n) is 6.50. The summed E-state index contributed by atoms with van der Waals surface area (Å²) in [6, 6.07) is 2.69. The van der Waals surface area contributed by atoms with E-state index < -0.39 is 0 Å². The van der Waals surface area contributed by atoms with Gasteiger partial charge >= 0.3 is 0 Å².